The van der Waals surface area contributed by atoms with Crippen LogP contribution < -0.4 is 0 Å². The molecule has 1 aliphatic heterocycles. The third-order valence-corrected chi connectivity index (χ3v) is 9.31. The molecule has 0 amide bonds. The Bertz CT molecular complexity index is 1140. The first kappa shape index (κ1) is 27.2. The third kappa shape index (κ3) is 3.70. The van der Waals surface area contributed by atoms with Gasteiger partial charge in [0.1, 0.15) is 6.10 Å². The second kappa shape index (κ2) is 8.85. The van der Waals surface area contributed by atoms with Gasteiger partial charge < -0.3 is 19.7 Å². The highest BCUT2D eigenvalue weighted by Crippen LogP contribution is 2.71. The number of halogens is 1. The standard InChI is InChI=1S/C25H30FNO6.C2H4O2/c1-13-27-25(20(31)12-32-14(2)28)21(33-13)10-18-17-6-5-15-9-16(29)7-8-22(15,3)24(17,26)19(30)11-23(18,25)4;1-2(3)4/h7-9,17-19,21,30H,5-6,10-12H2,1-4H3;1H3,(H,3,4)/t17-,18-,19-,21+,22-,23-,24-,25+;/m0./s1. The molecule has 4 aliphatic carbocycles. The number of aliphatic carboxylic acids is 1. The van der Waals surface area contributed by atoms with E-state index in [1.165, 1.54) is 19.1 Å². The fourth-order valence-electron chi connectivity index (χ4n) is 7.85. The number of carboxylic acids is 1. The van der Waals surface area contributed by atoms with Crippen LogP contribution in [0.3, 0.4) is 0 Å². The number of aliphatic hydroxyl groups excluding tert-OH is 1. The lowest BCUT2D eigenvalue weighted by Gasteiger charge is -2.62. The number of allylic oxidation sites excluding steroid dienone is 4. The maximum atomic E-state index is 17.2. The summed E-state index contributed by atoms with van der Waals surface area (Å²) < 4.78 is 28.2. The lowest BCUT2D eigenvalue weighted by molar-refractivity contribution is -0.198. The molecule has 0 unspecified atom stereocenters. The van der Waals surface area contributed by atoms with Crippen LogP contribution in [0.2, 0.25) is 0 Å². The van der Waals surface area contributed by atoms with Crippen LogP contribution >= 0.6 is 0 Å². The Morgan fingerprint density at radius 2 is 1.89 bits per heavy atom. The van der Waals surface area contributed by atoms with Crippen LogP contribution in [0.1, 0.15) is 60.3 Å². The van der Waals surface area contributed by atoms with Gasteiger partial charge in [0.15, 0.2) is 29.5 Å². The molecule has 1 heterocycles. The number of ketones is 2. The van der Waals surface area contributed by atoms with Crippen molar-refractivity contribution in [1.82, 2.24) is 0 Å². The second-order valence-corrected chi connectivity index (χ2v) is 11.2. The molecule has 0 aromatic heterocycles. The minimum absolute atomic E-state index is 0.0117. The average Bonchev–Trinajstić information content (AvgIpc) is 3.24. The lowest BCUT2D eigenvalue weighted by atomic mass is 9.44. The predicted octanol–water partition coefficient (Wildman–Crippen LogP) is 2.75. The lowest BCUT2D eigenvalue weighted by Crippen LogP contribution is -2.69. The largest absolute Gasteiger partial charge is 0.481 e. The van der Waals surface area contributed by atoms with E-state index in [1.54, 1.807) is 19.9 Å². The number of aliphatic hydroxyl groups is 1. The monoisotopic (exact) mass is 519 g/mol. The van der Waals surface area contributed by atoms with Gasteiger partial charge in [-0.3, -0.25) is 19.2 Å². The van der Waals surface area contributed by atoms with Crippen molar-refractivity contribution < 1.29 is 43.3 Å². The molecule has 3 saturated carbocycles. The van der Waals surface area contributed by atoms with E-state index in [9.17, 15) is 19.5 Å². The first-order valence-electron chi connectivity index (χ1n) is 12.5. The van der Waals surface area contributed by atoms with Crippen molar-refractivity contribution >= 4 is 29.4 Å². The van der Waals surface area contributed by atoms with Gasteiger partial charge >= 0.3 is 5.97 Å². The van der Waals surface area contributed by atoms with E-state index < -0.39 is 58.7 Å². The maximum Gasteiger partial charge on any atom is 0.303 e. The van der Waals surface area contributed by atoms with E-state index in [-0.39, 0.29) is 23.9 Å². The third-order valence-electron chi connectivity index (χ3n) is 9.31. The molecular formula is C27H34FNO8. The van der Waals surface area contributed by atoms with Gasteiger partial charge in [-0.15, -0.1) is 0 Å². The highest BCUT2D eigenvalue weighted by molar-refractivity contribution is 6.01. The summed E-state index contributed by atoms with van der Waals surface area (Å²) >= 11 is 0. The molecule has 0 aromatic rings. The number of Topliss-reactive ketones (excluding diaryl/α,β-unsaturated/α-hetero) is 1. The van der Waals surface area contributed by atoms with Crippen molar-refractivity contribution in [3.63, 3.8) is 0 Å². The van der Waals surface area contributed by atoms with Gasteiger partial charge in [0, 0.05) is 37.5 Å². The van der Waals surface area contributed by atoms with E-state index in [2.05, 4.69) is 4.99 Å². The molecule has 202 valence electrons. The number of hydrogen-bond donors (Lipinski definition) is 2. The van der Waals surface area contributed by atoms with Gasteiger partial charge in [-0.1, -0.05) is 18.6 Å². The second-order valence-electron chi connectivity index (χ2n) is 11.2. The molecule has 0 radical (unpaired) electrons. The molecule has 0 saturated heterocycles. The number of alkyl halides is 1. The van der Waals surface area contributed by atoms with Gasteiger partial charge in [0.2, 0.25) is 5.78 Å². The van der Waals surface area contributed by atoms with Crippen LogP contribution in [0.5, 0.6) is 0 Å². The summed E-state index contributed by atoms with van der Waals surface area (Å²) in [6.45, 7) is 7.21. The number of esters is 1. The summed E-state index contributed by atoms with van der Waals surface area (Å²) in [6.07, 6.45) is 3.97. The molecular weight excluding hydrogens is 485 g/mol. The summed E-state index contributed by atoms with van der Waals surface area (Å²) in [4.78, 5) is 50.6. The molecule has 9 nitrogen and oxygen atoms in total. The van der Waals surface area contributed by atoms with Crippen LogP contribution in [0.25, 0.3) is 0 Å². The Balaban J connectivity index is 0.000000747. The van der Waals surface area contributed by atoms with Crippen molar-refractivity contribution in [2.24, 2.45) is 27.7 Å². The quantitative estimate of drug-likeness (QED) is 0.543. The van der Waals surface area contributed by atoms with Crippen LogP contribution in [0.4, 0.5) is 4.39 Å². The van der Waals surface area contributed by atoms with Gasteiger partial charge in [0.05, 0.1) is 6.10 Å². The van der Waals surface area contributed by atoms with E-state index in [0.29, 0.717) is 30.7 Å². The van der Waals surface area contributed by atoms with Crippen LogP contribution in [-0.4, -0.2) is 69.6 Å². The van der Waals surface area contributed by atoms with Crippen molar-refractivity contribution in [2.75, 3.05) is 6.61 Å². The predicted molar refractivity (Wildman–Crippen MR) is 129 cm³/mol. The smallest absolute Gasteiger partial charge is 0.303 e. The van der Waals surface area contributed by atoms with E-state index in [4.69, 9.17) is 19.4 Å². The number of carbonyl (C=O) groups excluding carboxylic acids is 3. The number of hydrogen-bond acceptors (Lipinski definition) is 8. The summed E-state index contributed by atoms with van der Waals surface area (Å²) in [7, 11) is 0. The van der Waals surface area contributed by atoms with Gasteiger partial charge in [-0.25, -0.2) is 9.38 Å². The van der Waals surface area contributed by atoms with Crippen molar-refractivity contribution in [3.05, 3.63) is 23.8 Å². The normalized spacial score (nSPS) is 42.9. The molecule has 0 aromatic carbocycles. The average molecular weight is 520 g/mol. The topological polar surface area (TPSA) is 140 Å². The number of ether oxygens (including phenoxy) is 2. The first-order chi connectivity index (χ1) is 17.1. The van der Waals surface area contributed by atoms with Crippen molar-refractivity contribution in [2.45, 2.75) is 83.7 Å². The van der Waals surface area contributed by atoms with Crippen LogP contribution in [0.15, 0.2) is 28.8 Å². The molecule has 5 aliphatic rings. The Morgan fingerprint density at radius 3 is 2.51 bits per heavy atom. The first-order valence-corrected chi connectivity index (χ1v) is 12.5. The minimum Gasteiger partial charge on any atom is -0.481 e. The molecule has 2 N–H and O–H groups in total. The number of carbonyl (C=O) groups is 4. The summed E-state index contributed by atoms with van der Waals surface area (Å²) in [6, 6.07) is 0. The molecule has 5 rings (SSSR count). The van der Waals surface area contributed by atoms with Crippen molar-refractivity contribution in [3.8, 4) is 0 Å². The highest BCUT2D eigenvalue weighted by atomic mass is 19.1. The van der Waals surface area contributed by atoms with E-state index in [1.807, 2.05) is 6.92 Å². The van der Waals surface area contributed by atoms with Gasteiger partial charge in [-0.2, -0.15) is 0 Å². The molecule has 3 fully saturated rings. The van der Waals surface area contributed by atoms with E-state index in [0.717, 1.165) is 6.92 Å². The minimum atomic E-state index is -1.99. The number of nitrogens with zero attached hydrogens (tertiary/aromatic N) is 1. The molecule has 8 atom stereocenters. The number of rotatable bonds is 3. The van der Waals surface area contributed by atoms with Gasteiger partial charge in [0.25, 0.3) is 5.97 Å². The molecule has 10 heteroatoms. The summed E-state index contributed by atoms with van der Waals surface area (Å²) in [5, 5.41) is 18.9. The SMILES string of the molecule is CC(=O)O.CC(=O)OCC(=O)[C@@]12N=C(C)O[C@@H]1C[C@H]1[C@@H]3CCC4=CC(=O)C=C[C@]4(C)[C@@]3(F)[C@@H](O)C[C@@]12C. The zero-order valence-corrected chi connectivity index (χ0v) is 21.7. The summed E-state index contributed by atoms with van der Waals surface area (Å²) in [5.74, 6) is -2.40. The Morgan fingerprint density at radius 1 is 1.24 bits per heavy atom. The zero-order valence-electron chi connectivity index (χ0n) is 21.7. The Hall–Kier alpha value is -2.88. The molecule has 0 spiro atoms. The maximum absolute atomic E-state index is 17.2. The molecule has 0 bridgehead atoms. The highest BCUT2D eigenvalue weighted by Gasteiger charge is 2.78. The Kier molecular flexibility index (Phi) is 6.50. The zero-order chi connectivity index (χ0) is 27.6. The fourth-order valence-corrected chi connectivity index (χ4v) is 7.85. The van der Waals surface area contributed by atoms with Gasteiger partial charge in [-0.05, 0) is 50.7 Å². The number of aliphatic imine (C=N–C) groups is 1. The number of fused-ring (bicyclic) bond motifs is 7. The summed E-state index contributed by atoms with van der Waals surface area (Å²) in [5.41, 5.74) is -4.60. The van der Waals surface area contributed by atoms with Crippen LogP contribution in [-0.2, 0) is 28.7 Å². The van der Waals surface area contributed by atoms with Crippen molar-refractivity contribution in [1.29, 1.82) is 0 Å². The number of carboxylic acid groups (broad SMARTS) is 1. The molecule has 37 heavy (non-hydrogen) atoms. The Labute approximate surface area is 214 Å². The fraction of sp³-hybridized carbons (Fsp3) is 0.667. The van der Waals surface area contributed by atoms with E-state index >= 15 is 4.39 Å². The van der Waals surface area contributed by atoms with Crippen LogP contribution in [0, 0.1) is 22.7 Å².